The van der Waals surface area contributed by atoms with Crippen molar-refractivity contribution in [2.24, 2.45) is 5.41 Å². The van der Waals surface area contributed by atoms with Gasteiger partial charge in [-0.2, -0.15) is 0 Å². The van der Waals surface area contributed by atoms with E-state index in [0.717, 1.165) is 18.6 Å². The second kappa shape index (κ2) is 6.41. The van der Waals surface area contributed by atoms with Crippen molar-refractivity contribution in [1.29, 1.82) is 0 Å². The minimum atomic E-state index is -0.440. The molecule has 0 aromatic heterocycles. The summed E-state index contributed by atoms with van der Waals surface area (Å²) < 4.78 is 19.4. The van der Waals surface area contributed by atoms with Crippen LogP contribution in [0.1, 0.15) is 45.7 Å². The van der Waals surface area contributed by atoms with Gasteiger partial charge in [-0.05, 0) is 38.0 Å². The van der Waals surface area contributed by atoms with E-state index in [0.29, 0.717) is 11.1 Å². The third-order valence-corrected chi connectivity index (χ3v) is 5.12. The van der Waals surface area contributed by atoms with Crippen LogP contribution < -0.4 is 5.32 Å². The van der Waals surface area contributed by atoms with Gasteiger partial charge in [-0.15, -0.1) is 0 Å². The van der Waals surface area contributed by atoms with E-state index in [1.165, 1.54) is 12.1 Å². The molecule has 1 fully saturated rings. The summed E-state index contributed by atoms with van der Waals surface area (Å²) in [7, 11) is 0. The highest BCUT2D eigenvalue weighted by Crippen LogP contribution is 2.44. The van der Waals surface area contributed by atoms with Gasteiger partial charge in [-0.1, -0.05) is 37.0 Å². The molecule has 5 heteroatoms. The summed E-state index contributed by atoms with van der Waals surface area (Å²) in [6, 6.07) is 3.14. The van der Waals surface area contributed by atoms with E-state index in [4.69, 9.17) is 27.9 Å². The van der Waals surface area contributed by atoms with Gasteiger partial charge in [-0.25, -0.2) is 4.39 Å². The lowest BCUT2D eigenvalue weighted by Gasteiger charge is -2.52. The van der Waals surface area contributed by atoms with E-state index < -0.39 is 5.82 Å². The van der Waals surface area contributed by atoms with Crippen LogP contribution >= 0.6 is 23.2 Å². The van der Waals surface area contributed by atoms with Crippen molar-refractivity contribution in [3.63, 3.8) is 0 Å². The quantitative estimate of drug-likeness (QED) is 0.766. The Morgan fingerprint density at radius 1 is 1.38 bits per heavy atom. The van der Waals surface area contributed by atoms with Crippen LogP contribution in [0.3, 0.4) is 0 Å². The molecule has 0 saturated heterocycles. The summed E-state index contributed by atoms with van der Waals surface area (Å²) in [4.78, 5) is 0. The summed E-state index contributed by atoms with van der Waals surface area (Å²) >= 11 is 11.9. The van der Waals surface area contributed by atoms with Gasteiger partial charge >= 0.3 is 0 Å². The van der Waals surface area contributed by atoms with Crippen molar-refractivity contribution < 1.29 is 9.13 Å². The maximum atomic E-state index is 13.6. The number of halogens is 3. The summed E-state index contributed by atoms with van der Waals surface area (Å²) in [5.41, 5.74) is 0.788. The first-order valence-corrected chi connectivity index (χ1v) is 8.05. The first-order valence-electron chi connectivity index (χ1n) is 7.29. The van der Waals surface area contributed by atoms with Crippen LogP contribution in [0.25, 0.3) is 0 Å². The number of rotatable bonds is 5. The van der Waals surface area contributed by atoms with E-state index >= 15 is 0 Å². The SMILES string of the molecule is CCOC1CC(NC(C)c2cc(F)c(Cl)cc2Cl)C1(C)C. The molecule has 0 spiro atoms. The van der Waals surface area contributed by atoms with Gasteiger partial charge in [-0.3, -0.25) is 0 Å². The summed E-state index contributed by atoms with van der Waals surface area (Å²) in [6.45, 7) is 9.09. The number of ether oxygens (including phenoxy) is 1. The molecule has 2 rings (SSSR count). The topological polar surface area (TPSA) is 21.3 Å². The maximum absolute atomic E-state index is 13.6. The van der Waals surface area contributed by atoms with E-state index in [-0.39, 0.29) is 22.6 Å². The van der Waals surface area contributed by atoms with Crippen LogP contribution in [0.15, 0.2) is 12.1 Å². The van der Waals surface area contributed by atoms with Gasteiger partial charge in [0, 0.05) is 29.1 Å². The predicted molar refractivity (Wildman–Crippen MR) is 85.6 cm³/mol. The first-order chi connectivity index (χ1) is 9.77. The number of benzene rings is 1. The molecule has 0 bridgehead atoms. The van der Waals surface area contributed by atoms with Gasteiger partial charge in [0.1, 0.15) is 5.82 Å². The molecule has 3 atom stereocenters. The Morgan fingerprint density at radius 3 is 2.62 bits per heavy atom. The number of hydrogen-bond donors (Lipinski definition) is 1. The highest BCUT2D eigenvalue weighted by Gasteiger charge is 2.49. The lowest BCUT2D eigenvalue weighted by Crippen LogP contribution is -2.61. The number of hydrogen-bond acceptors (Lipinski definition) is 2. The van der Waals surface area contributed by atoms with Gasteiger partial charge in [0.05, 0.1) is 11.1 Å². The first kappa shape index (κ1) is 17.0. The molecule has 3 unspecified atom stereocenters. The molecule has 1 aliphatic carbocycles. The molecule has 1 aromatic rings. The smallest absolute Gasteiger partial charge is 0.142 e. The van der Waals surface area contributed by atoms with Crippen LogP contribution in [0.5, 0.6) is 0 Å². The average Bonchev–Trinajstić information content (AvgIpc) is 2.41. The van der Waals surface area contributed by atoms with Gasteiger partial charge in [0.15, 0.2) is 0 Å². The molecule has 0 heterocycles. The Hall–Kier alpha value is -0.350. The lowest BCUT2D eigenvalue weighted by atomic mass is 9.64. The molecule has 1 saturated carbocycles. The second-order valence-electron chi connectivity index (χ2n) is 6.23. The fourth-order valence-electron chi connectivity index (χ4n) is 2.91. The fourth-order valence-corrected chi connectivity index (χ4v) is 3.46. The summed E-state index contributed by atoms with van der Waals surface area (Å²) in [6.07, 6.45) is 1.23. The van der Waals surface area contributed by atoms with Crippen LogP contribution in [-0.4, -0.2) is 18.8 Å². The van der Waals surface area contributed by atoms with Gasteiger partial charge < -0.3 is 10.1 Å². The minimum Gasteiger partial charge on any atom is -0.378 e. The van der Waals surface area contributed by atoms with Crippen molar-refractivity contribution in [3.05, 3.63) is 33.6 Å². The Bertz CT molecular complexity index is 521. The average molecular weight is 334 g/mol. The third kappa shape index (κ3) is 3.37. The highest BCUT2D eigenvalue weighted by atomic mass is 35.5. The zero-order chi connectivity index (χ0) is 15.8. The minimum absolute atomic E-state index is 0.0453. The maximum Gasteiger partial charge on any atom is 0.142 e. The Morgan fingerprint density at radius 2 is 2.05 bits per heavy atom. The van der Waals surface area contributed by atoms with Crippen LogP contribution in [0.2, 0.25) is 10.0 Å². The highest BCUT2D eigenvalue weighted by molar-refractivity contribution is 6.35. The van der Waals surface area contributed by atoms with Gasteiger partial charge in [0.2, 0.25) is 0 Å². The van der Waals surface area contributed by atoms with Crippen molar-refractivity contribution >= 4 is 23.2 Å². The van der Waals surface area contributed by atoms with Crippen LogP contribution in [-0.2, 0) is 4.74 Å². The second-order valence-corrected chi connectivity index (χ2v) is 7.04. The van der Waals surface area contributed by atoms with E-state index in [9.17, 15) is 4.39 Å². The molecule has 1 aromatic carbocycles. The molecule has 0 amide bonds. The van der Waals surface area contributed by atoms with E-state index in [1.807, 2.05) is 13.8 Å². The Kier molecular flexibility index (Phi) is 5.19. The van der Waals surface area contributed by atoms with Crippen LogP contribution in [0, 0.1) is 11.2 Å². The number of nitrogens with one attached hydrogen (secondary N) is 1. The van der Waals surface area contributed by atoms with Crippen LogP contribution in [0.4, 0.5) is 4.39 Å². The summed E-state index contributed by atoms with van der Waals surface area (Å²) in [5, 5.41) is 4.06. The molecular weight excluding hydrogens is 312 g/mol. The van der Waals surface area contributed by atoms with Gasteiger partial charge in [0.25, 0.3) is 0 Å². The Labute approximate surface area is 136 Å². The third-order valence-electron chi connectivity index (χ3n) is 4.50. The lowest BCUT2D eigenvalue weighted by molar-refractivity contribution is -0.116. The molecule has 21 heavy (non-hydrogen) atoms. The molecule has 0 radical (unpaired) electrons. The molecule has 118 valence electrons. The molecule has 0 aliphatic heterocycles. The monoisotopic (exact) mass is 333 g/mol. The zero-order valence-electron chi connectivity index (χ0n) is 12.8. The molecule has 1 N–H and O–H groups in total. The fraction of sp³-hybridized carbons (Fsp3) is 0.625. The normalized spacial score (nSPS) is 25.5. The van der Waals surface area contributed by atoms with Crippen molar-refractivity contribution in [3.8, 4) is 0 Å². The predicted octanol–water partition coefficient (Wildman–Crippen LogP) is 4.99. The summed E-state index contributed by atoms with van der Waals surface area (Å²) in [5.74, 6) is -0.440. The molecular formula is C16H22Cl2FNO. The van der Waals surface area contributed by atoms with Crippen molar-refractivity contribution in [1.82, 2.24) is 5.32 Å². The zero-order valence-corrected chi connectivity index (χ0v) is 14.4. The molecule has 2 nitrogen and oxygen atoms in total. The largest absolute Gasteiger partial charge is 0.378 e. The van der Waals surface area contributed by atoms with E-state index in [1.54, 1.807) is 0 Å². The van der Waals surface area contributed by atoms with Crippen molar-refractivity contribution in [2.45, 2.75) is 52.3 Å². The molecule has 1 aliphatic rings. The van der Waals surface area contributed by atoms with E-state index in [2.05, 4.69) is 19.2 Å². The standard InChI is InChI=1S/C16H22Cl2FNO/c1-5-21-15-8-14(16(15,3)4)20-9(2)10-6-13(19)12(18)7-11(10)17/h6-7,9,14-15,20H,5,8H2,1-4H3. The van der Waals surface area contributed by atoms with Crippen molar-refractivity contribution in [2.75, 3.05) is 6.61 Å². The Balaban J connectivity index is 2.06.